The first-order valence-corrected chi connectivity index (χ1v) is 8.38. The van der Waals surface area contributed by atoms with Crippen LogP contribution in [0.4, 0.5) is 0 Å². The van der Waals surface area contributed by atoms with Crippen LogP contribution in [0.5, 0.6) is 5.75 Å². The van der Waals surface area contributed by atoms with Crippen LogP contribution in [0, 0.1) is 12.3 Å². The molecule has 0 radical (unpaired) electrons. The van der Waals surface area contributed by atoms with Crippen LogP contribution in [0.25, 0.3) is 0 Å². The third kappa shape index (κ3) is 6.32. The van der Waals surface area contributed by atoms with E-state index in [0.717, 1.165) is 25.5 Å². The summed E-state index contributed by atoms with van der Waals surface area (Å²) in [6, 6.07) is 5.26. The number of terminal acetylenes is 1. The van der Waals surface area contributed by atoms with Crippen LogP contribution in [-0.2, 0) is 0 Å². The Bertz CT molecular complexity index is 592. The molecule has 0 amide bonds. The van der Waals surface area contributed by atoms with Gasteiger partial charge in [-0.25, -0.2) is 0 Å². The van der Waals surface area contributed by atoms with Crippen molar-refractivity contribution < 1.29 is 9.53 Å². The lowest BCUT2D eigenvalue weighted by Gasteiger charge is -2.30. The second-order valence-corrected chi connectivity index (χ2v) is 6.33. The predicted molar refractivity (Wildman–Crippen MR) is 97.0 cm³/mol. The highest BCUT2D eigenvalue weighted by molar-refractivity contribution is 5.76. The molecule has 0 saturated heterocycles. The Kier molecular flexibility index (Phi) is 7.62. The van der Waals surface area contributed by atoms with Crippen molar-refractivity contribution in [2.75, 3.05) is 0 Å². The summed E-state index contributed by atoms with van der Waals surface area (Å²) in [4.78, 5) is 11.1. The normalized spacial score (nSPS) is 14.0. The standard InChI is InChI=1S/C21H28O2/c1-6-9-10-11-17(4)15-21(5,8-3)23-20-13-18(7-2)12-19(14-20)16-22/h2,11-14,16H,6,8-10,15H2,1,3-5H3/b17-11+. The number of carbonyl (C=O) groups excluding carboxylic acids is 1. The molecular formula is C21H28O2. The fourth-order valence-electron chi connectivity index (χ4n) is 2.56. The van der Waals surface area contributed by atoms with E-state index in [1.807, 2.05) is 6.07 Å². The van der Waals surface area contributed by atoms with Gasteiger partial charge in [-0.15, -0.1) is 6.42 Å². The summed E-state index contributed by atoms with van der Waals surface area (Å²) in [6.07, 6.45) is 13.8. The van der Waals surface area contributed by atoms with Gasteiger partial charge in [0.25, 0.3) is 0 Å². The minimum Gasteiger partial charge on any atom is -0.487 e. The van der Waals surface area contributed by atoms with Crippen molar-refractivity contribution in [1.29, 1.82) is 0 Å². The fourth-order valence-corrected chi connectivity index (χ4v) is 2.56. The Hall–Kier alpha value is -2.01. The van der Waals surface area contributed by atoms with Crippen LogP contribution in [0.3, 0.4) is 0 Å². The predicted octanol–water partition coefficient (Wildman–Crippen LogP) is 5.55. The largest absolute Gasteiger partial charge is 0.487 e. The van der Waals surface area contributed by atoms with Gasteiger partial charge in [-0.3, -0.25) is 4.79 Å². The van der Waals surface area contributed by atoms with Crippen molar-refractivity contribution in [3.8, 4) is 18.1 Å². The van der Waals surface area contributed by atoms with E-state index in [-0.39, 0.29) is 5.60 Å². The molecule has 1 rings (SSSR count). The van der Waals surface area contributed by atoms with Crippen molar-refractivity contribution in [3.05, 3.63) is 41.0 Å². The van der Waals surface area contributed by atoms with Gasteiger partial charge in [-0.2, -0.15) is 0 Å². The number of aldehydes is 1. The molecule has 0 aromatic heterocycles. The zero-order chi connectivity index (χ0) is 17.3. The molecule has 0 spiro atoms. The Labute approximate surface area is 140 Å². The highest BCUT2D eigenvalue weighted by Gasteiger charge is 2.25. The van der Waals surface area contributed by atoms with E-state index in [1.165, 1.54) is 18.4 Å². The Morgan fingerprint density at radius 2 is 2.09 bits per heavy atom. The molecule has 1 atom stereocenters. The Morgan fingerprint density at radius 3 is 2.65 bits per heavy atom. The molecule has 0 aliphatic carbocycles. The van der Waals surface area contributed by atoms with Crippen molar-refractivity contribution in [1.82, 2.24) is 0 Å². The molecule has 23 heavy (non-hydrogen) atoms. The molecule has 0 saturated carbocycles. The molecule has 0 fully saturated rings. The van der Waals surface area contributed by atoms with Crippen molar-refractivity contribution in [2.24, 2.45) is 0 Å². The highest BCUT2D eigenvalue weighted by Crippen LogP contribution is 2.29. The molecule has 0 bridgehead atoms. The van der Waals surface area contributed by atoms with Crippen molar-refractivity contribution in [2.45, 2.75) is 65.4 Å². The third-order valence-electron chi connectivity index (χ3n) is 4.05. The SMILES string of the molecule is C#Cc1cc(C=O)cc(OC(C)(CC)C/C(C)=C/CCCC)c1. The van der Waals surface area contributed by atoms with Crippen molar-refractivity contribution >= 4 is 6.29 Å². The average molecular weight is 312 g/mol. The van der Waals surface area contributed by atoms with Crippen LogP contribution in [0.15, 0.2) is 29.8 Å². The summed E-state index contributed by atoms with van der Waals surface area (Å²) in [5, 5.41) is 0. The topological polar surface area (TPSA) is 26.3 Å². The van der Waals surface area contributed by atoms with Gasteiger partial charge in [0.1, 0.15) is 17.6 Å². The molecule has 1 unspecified atom stereocenters. The van der Waals surface area contributed by atoms with Gasteiger partial charge in [-0.1, -0.05) is 44.3 Å². The van der Waals surface area contributed by atoms with Gasteiger partial charge >= 0.3 is 0 Å². The molecule has 0 N–H and O–H groups in total. The average Bonchev–Trinajstić information content (AvgIpc) is 2.54. The first-order chi connectivity index (χ1) is 11.0. The van der Waals surface area contributed by atoms with Gasteiger partial charge in [-0.05, 0) is 44.9 Å². The monoisotopic (exact) mass is 312 g/mol. The number of hydrogen-bond donors (Lipinski definition) is 0. The third-order valence-corrected chi connectivity index (χ3v) is 4.05. The smallest absolute Gasteiger partial charge is 0.150 e. The number of carbonyl (C=O) groups is 1. The number of allylic oxidation sites excluding steroid dienone is 1. The second-order valence-electron chi connectivity index (χ2n) is 6.33. The molecule has 0 aliphatic rings. The first kappa shape index (κ1) is 19.0. The molecule has 1 aromatic rings. The summed E-state index contributed by atoms with van der Waals surface area (Å²) in [5.41, 5.74) is 2.24. The maximum absolute atomic E-state index is 11.1. The van der Waals surface area contributed by atoms with Crippen LogP contribution < -0.4 is 4.74 Å². The van der Waals surface area contributed by atoms with Gasteiger partial charge in [0.15, 0.2) is 0 Å². The van der Waals surface area contributed by atoms with Crippen LogP contribution in [-0.4, -0.2) is 11.9 Å². The van der Waals surface area contributed by atoms with E-state index < -0.39 is 0 Å². The molecule has 0 heterocycles. The quantitative estimate of drug-likeness (QED) is 0.258. The van der Waals surface area contributed by atoms with E-state index in [1.54, 1.807) is 12.1 Å². The van der Waals surface area contributed by atoms with E-state index in [2.05, 4.69) is 39.7 Å². The summed E-state index contributed by atoms with van der Waals surface area (Å²) in [5.74, 6) is 3.23. The first-order valence-electron chi connectivity index (χ1n) is 8.38. The van der Waals surface area contributed by atoms with Gasteiger partial charge in [0.05, 0.1) is 0 Å². The molecule has 124 valence electrons. The number of unbranched alkanes of at least 4 members (excludes halogenated alkanes) is 2. The number of benzene rings is 1. The molecule has 0 aliphatic heterocycles. The van der Waals surface area contributed by atoms with Crippen LogP contribution in [0.1, 0.15) is 75.7 Å². The van der Waals surface area contributed by atoms with Gasteiger partial charge < -0.3 is 4.74 Å². The lowest BCUT2D eigenvalue weighted by Crippen LogP contribution is -2.31. The van der Waals surface area contributed by atoms with Crippen LogP contribution in [0.2, 0.25) is 0 Å². The van der Waals surface area contributed by atoms with Crippen molar-refractivity contribution in [3.63, 3.8) is 0 Å². The molecule has 2 nitrogen and oxygen atoms in total. The molecular weight excluding hydrogens is 284 g/mol. The lowest BCUT2D eigenvalue weighted by molar-refractivity contribution is 0.0843. The van der Waals surface area contributed by atoms with E-state index in [9.17, 15) is 4.79 Å². The van der Waals surface area contributed by atoms with Gasteiger partial charge in [0, 0.05) is 17.5 Å². The molecule has 1 aromatic carbocycles. The second kappa shape index (κ2) is 9.20. The fraction of sp³-hybridized carbons (Fsp3) is 0.476. The zero-order valence-electron chi connectivity index (χ0n) is 14.8. The highest BCUT2D eigenvalue weighted by atomic mass is 16.5. The minimum atomic E-state index is -0.305. The Balaban J connectivity index is 2.91. The van der Waals surface area contributed by atoms with E-state index in [4.69, 9.17) is 11.2 Å². The number of ether oxygens (including phenoxy) is 1. The number of rotatable bonds is 9. The summed E-state index contributed by atoms with van der Waals surface area (Å²) >= 11 is 0. The summed E-state index contributed by atoms with van der Waals surface area (Å²) < 4.78 is 6.22. The van der Waals surface area contributed by atoms with E-state index in [0.29, 0.717) is 16.9 Å². The molecule has 2 heteroatoms. The maximum atomic E-state index is 11.1. The van der Waals surface area contributed by atoms with Gasteiger partial charge in [0.2, 0.25) is 0 Å². The summed E-state index contributed by atoms with van der Waals surface area (Å²) in [7, 11) is 0. The Morgan fingerprint density at radius 1 is 1.35 bits per heavy atom. The number of hydrogen-bond acceptors (Lipinski definition) is 2. The van der Waals surface area contributed by atoms with Crippen LogP contribution >= 0.6 is 0 Å². The lowest BCUT2D eigenvalue weighted by atomic mass is 9.93. The summed E-state index contributed by atoms with van der Waals surface area (Å²) in [6.45, 7) is 8.57. The maximum Gasteiger partial charge on any atom is 0.150 e. The minimum absolute atomic E-state index is 0.305. The van der Waals surface area contributed by atoms with E-state index >= 15 is 0 Å². The zero-order valence-corrected chi connectivity index (χ0v) is 14.8.